The second-order valence-electron chi connectivity index (χ2n) is 16.7. The van der Waals surface area contributed by atoms with E-state index in [0.717, 1.165) is 62.5 Å². The van der Waals surface area contributed by atoms with Gasteiger partial charge in [-0.1, -0.05) is 38.5 Å². The number of fused-ring (bicyclic) bond motifs is 4. The maximum absolute atomic E-state index is 13.9. The highest BCUT2D eigenvalue weighted by Gasteiger charge is 2.39. The summed E-state index contributed by atoms with van der Waals surface area (Å²) in [5.74, 6) is 0.603. The Morgan fingerprint density at radius 1 is 0.571 bits per heavy atom. The van der Waals surface area contributed by atoms with Gasteiger partial charge in [0.05, 0.1) is 37.2 Å². The van der Waals surface area contributed by atoms with Crippen molar-refractivity contribution in [1.29, 1.82) is 0 Å². The minimum atomic E-state index is -0.440. The van der Waals surface area contributed by atoms with Gasteiger partial charge in [-0.15, -0.1) is 0 Å². The molecule has 2 saturated carbocycles. The minimum Gasteiger partial charge on any atom is -0.507 e. The van der Waals surface area contributed by atoms with Crippen LogP contribution in [0.15, 0.2) is 24.3 Å². The van der Waals surface area contributed by atoms with E-state index in [1.807, 2.05) is 39.8 Å². The number of esters is 2. The van der Waals surface area contributed by atoms with E-state index in [2.05, 4.69) is 0 Å². The Morgan fingerprint density at radius 2 is 0.946 bits per heavy atom. The fourth-order valence-electron chi connectivity index (χ4n) is 9.96. The van der Waals surface area contributed by atoms with Crippen LogP contribution in [-0.2, 0) is 22.3 Å². The number of methoxy groups -OCH3 is 2. The summed E-state index contributed by atoms with van der Waals surface area (Å²) in [4.78, 5) is 27.9. The van der Waals surface area contributed by atoms with E-state index >= 15 is 0 Å². The molecule has 10 heteroatoms. The number of phenols is 2. The normalized spacial score (nSPS) is 20.5. The van der Waals surface area contributed by atoms with E-state index < -0.39 is 11.9 Å². The van der Waals surface area contributed by atoms with Gasteiger partial charge in [-0.05, 0) is 88.5 Å². The van der Waals surface area contributed by atoms with Gasteiger partial charge in [0, 0.05) is 46.9 Å². The fraction of sp³-hybridized carbons (Fsp3) is 0.522. The molecule has 4 aliphatic rings. The first-order chi connectivity index (χ1) is 27.0. The predicted molar refractivity (Wildman–Crippen MR) is 214 cm³/mol. The lowest BCUT2D eigenvalue weighted by atomic mass is 9.79. The van der Waals surface area contributed by atoms with Crippen LogP contribution in [0.1, 0.15) is 124 Å². The lowest BCUT2D eigenvalue weighted by molar-refractivity contribution is 0.00161. The molecule has 8 rings (SSSR count). The largest absolute Gasteiger partial charge is 0.507 e. The van der Waals surface area contributed by atoms with Gasteiger partial charge in [0.15, 0.2) is 0 Å². The summed E-state index contributed by atoms with van der Waals surface area (Å²) >= 11 is 0. The number of hydrogen-bond donors (Lipinski definition) is 2. The molecule has 2 atom stereocenters. The van der Waals surface area contributed by atoms with Crippen molar-refractivity contribution in [3.8, 4) is 45.6 Å². The van der Waals surface area contributed by atoms with Gasteiger partial charge < -0.3 is 38.6 Å². The molecule has 298 valence electrons. The molecule has 0 unspecified atom stereocenters. The van der Waals surface area contributed by atoms with Crippen LogP contribution < -0.4 is 18.9 Å². The molecular formula is C46H54O10. The topological polar surface area (TPSA) is 130 Å². The van der Waals surface area contributed by atoms with Gasteiger partial charge >= 0.3 is 11.9 Å². The maximum atomic E-state index is 13.9. The first-order valence-electron chi connectivity index (χ1n) is 20.5. The molecule has 2 aliphatic heterocycles. The summed E-state index contributed by atoms with van der Waals surface area (Å²) in [6.45, 7) is 7.55. The third-order valence-electron chi connectivity index (χ3n) is 12.3. The molecule has 0 bridgehead atoms. The summed E-state index contributed by atoms with van der Waals surface area (Å²) in [5, 5.41) is 26.4. The smallest absolute Gasteiger partial charge is 0.342 e. The van der Waals surface area contributed by atoms with Crippen molar-refractivity contribution in [2.75, 3.05) is 14.2 Å². The second kappa shape index (κ2) is 15.2. The number of rotatable bonds is 9. The zero-order valence-corrected chi connectivity index (χ0v) is 33.4. The fourth-order valence-corrected chi connectivity index (χ4v) is 9.96. The SMILES string of the molecule is COc1c2c(cc3c(-c4c(O)cc(OC(C)C)c5c(OC)c6c(cc45)C[C@@H](C4CCCCC4)OC6=O)c(O)cc(OC(C)C)c13)C[C@@H](C1CCCCC1)OC2=O. The van der Waals surface area contributed by atoms with Crippen LogP contribution in [0.25, 0.3) is 32.7 Å². The van der Waals surface area contributed by atoms with E-state index in [9.17, 15) is 19.8 Å². The minimum absolute atomic E-state index is 0.136. The number of phenolic OH excluding ortho intramolecular Hbond substituents is 2. The van der Waals surface area contributed by atoms with Gasteiger partial charge in [0.25, 0.3) is 0 Å². The summed E-state index contributed by atoms with van der Waals surface area (Å²) in [7, 11) is 3.04. The van der Waals surface area contributed by atoms with Crippen LogP contribution in [0, 0.1) is 11.8 Å². The number of carbonyl (C=O) groups excluding carboxylic acids is 2. The van der Waals surface area contributed by atoms with Crippen LogP contribution >= 0.6 is 0 Å². The van der Waals surface area contributed by atoms with E-state index in [0.29, 0.717) is 68.1 Å². The Morgan fingerprint density at radius 3 is 1.29 bits per heavy atom. The van der Waals surface area contributed by atoms with Crippen molar-refractivity contribution in [1.82, 2.24) is 0 Å². The van der Waals surface area contributed by atoms with Crippen molar-refractivity contribution in [3.05, 3.63) is 46.5 Å². The zero-order chi connectivity index (χ0) is 39.4. The zero-order valence-electron chi connectivity index (χ0n) is 33.4. The number of carbonyl (C=O) groups is 2. The van der Waals surface area contributed by atoms with Gasteiger partial charge in [-0.2, -0.15) is 0 Å². The first-order valence-corrected chi connectivity index (χ1v) is 20.5. The maximum Gasteiger partial charge on any atom is 0.342 e. The molecule has 2 aliphatic carbocycles. The van der Waals surface area contributed by atoms with Crippen molar-refractivity contribution in [2.24, 2.45) is 11.8 Å². The molecule has 4 aromatic carbocycles. The Hall–Kier alpha value is -4.86. The Balaban J connectivity index is 1.42. The standard InChI is InChI=1S/C46H54O10/c1-23(2)53-35-21-31(47)39(29-17-27-19-33(25-13-9-7-10-14-25)55-45(49)37(27)43(51-5)41(29)35)40-30-18-28-20-34(26-15-11-8-12-16-26)56-46(50)38(28)44(52-6)42(30)36(22-32(40)48)54-24(3)4/h17-18,21-26,33-34,47-48H,7-16,19-20H2,1-6H3/t33-,34-/m0/s1. The average Bonchev–Trinajstić information content (AvgIpc) is 3.17. The van der Waals surface area contributed by atoms with Gasteiger partial charge in [-0.25, -0.2) is 9.59 Å². The molecule has 2 N–H and O–H groups in total. The number of aromatic hydroxyl groups is 2. The molecule has 56 heavy (non-hydrogen) atoms. The monoisotopic (exact) mass is 766 g/mol. The molecule has 4 aromatic rings. The molecular weight excluding hydrogens is 712 g/mol. The number of hydrogen-bond acceptors (Lipinski definition) is 10. The first kappa shape index (κ1) is 38.0. The highest BCUT2D eigenvalue weighted by molar-refractivity contribution is 6.18. The second-order valence-corrected chi connectivity index (χ2v) is 16.7. The van der Waals surface area contributed by atoms with Gasteiger partial charge in [-0.3, -0.25) is 0 Å². The lowest BCUT2D eigenvalue weighted by Gasteiger charge is -2.34. The molecule has 10 nitrogen and oxygen atoms in total. The van der Waals surface area contributed by atoms with Crippen molar-refractivity contribution >= 4 is 33.5 Å². The van der Waals surface area contributed by atoms with Gasteiger partial charge in [0.2, 0.25) is 0 Å². The Bertz CT molecular complexity index is 2040. The summed E-state index contributed by atoms with van der Waals surface area (Å²) in [6, 6.07) is 6.89. The van der Waals surface area contributed by atoms with Crippen LogP contribution in [0.2, 0.25) is 0 Å². The van der Waals surface area contributed by atoms with Crippen LogP contribution in [0.4, 0.5) is 0 Å². The lowest BCUT2D eigenvalue weighted by Crippen LogP contribution is -2.35. The van der Waals surface area contributed by atoms with Crippen molar-refractivity contribution < 1.29 is 48.2 Å². The Labute approximate surface area is 328 Å². The highest BCUT2D eigenvalue weighted by Crippen LogP contribution is 2.55. The molecule has 0 amide bonds. The molecule has 2 heterocycles. The molecule has 0 spiro atoms. The quantitative estimate of drug-likeness (QED) is 0.159. The summed E-state index contributed by atoms with van der Waals surface area (Å²) in [5.41, 5.74) is 2.84. The number of ether oxygens (including phenoxy) is 6. The molecule has 0 radical (unpaired) electrons. The van der Waals surface area contributed by atoms with Gasteiger partial charge in [0.1, 0.15) is 57.8 Å². The number of cyclic esters (lactones) is 2. The van der Waals surface area contributed by atoms with E-state index in [1.165, 1.54) is 39.2 Å². The summed E-state index contributed by atoms with van der Waals surface area (Å²) in [6.07, 6.45) is 10.7. The van der Waals surface area contributed by atoms with Crippen LogP contribution in [-0.4, -0.2) is 60.8 Å². The van der Waals surface area contributed by atoms with E-state index in [4.69, 9.17) is 28.4 Å². The van der Waals surface area contributed by atoms with Crippen molar-refractivity contribution in [3.63, 3.8) is 0 Å². The average molecular weight is 767 g/mol. The van der Waals surface area contributed by atoms with Crippen LogP contribution in [0.3, 0.4) is 0 Å². The van der Waals surface area contributed by atoms with E-state index in [-0.39, 0.29) is 59.2 Å². The highest BCUT2D eigenvalue weighted by atomic mass is 16.6. The van der Waals surface area contributed by atoms with Crippen LogP contribution in [0.5, 0.6) is 34.5 Å². The number of benzene rings is 4. The molecule has 2 fully saturated rings. The summed E-state index contributed by atoms with van der Waals surface area (Å²) < 4.78 is 37.1. The third-order valence-corrected chi connectivity index (χ3v) is 12.3. The Kier molecular flexibility index (Phi) is 10.3. The molecule has 0 saturated heterocycles. The van der Waals surface area contributed by atoms with Crippen molar-refractivity contribution in [2.45, 2.75) is 129 Å². The molecule has 0 aromatic heterocycles. The predicted octanol–water partition coefficient (Wildman–Crippen LogP) is 9.99. The van der Waals surface area contributed by atoms with E-state index in [1.54, 1.807) is 0 Å². The third kappa shape index (κ3) is 6.62.